The average Bonchev–Trinajstić information content (AvgIpc) is 2.77. The minimum atomic E-state index is -0.836. The molecule has 2 aromatic rings. The van der Waals surface area contributed by atoms with E-state index in [0.717, 1.165) is 25.3 Å². The number of imidazole rings is 1. The van der Waals surface area contributed by atoms with Crippen LogP contribution in [-0.2, 0) is 6.54 Å². The number of aromatic nitrogens is 2. The zero-order valence-corrected chi connectivity index (χ0v) is 13.1. The molecule has 21 heavy (non-hydrogen) atoms. The molecular weight excluding hydrogens is 294 g/mol. The molecule has 0 amide bonds. The Kier molecular flexibility index (Phi) is 3.68. The third-order valence-corrected chi connectivity index (χ3v) is 5.04. The van der Waals surface area contributed by atoms with Gasteiger partial charge in [-0.05, 0) is 43.7 Å². The van der Waals surface area contributed by atoms with Crippen molar-refractivity contribution < 1.29 is 8.78 Å². The monoisotopic (exact) mass is 312 g/mol. The van der Waals surface area contributed by atoms with Gasteiger partial charge in [-0.25, -0.2) is 13.8 Å². The number of benzene rings is 1. The van der Waals surface area contributed by atoms with Crippen LogP contribution in [0.2, 0.25) is 0 Å². The van der Waals surface area contributed by atoms with Crippen LogP contribution in [-0.4, -0.2) is 9.55 Å². The summed E-state index contributed by atoms with van der Waals surface area (Å²) < 4.78 is 29.7. The lowest BCUT2D eigenvalue weighted by atomic mass is 9.67. The highest BCUT2D eigenvalue weighted by Gasteiger charge is 2.37. The van der Waals surface area contributed by atoms with Gasteiger partial charge >= 0.3 is 0 Å². The van der Waals surface area contributed by atoms with E-state index in [2.05, 4.69) is 11.9 Å². The predicted molar refractivity (Wildman–Crippen MR) is 80.5 cm³/mol. The van der Waals surface area contributed by atoms with Gasteiger partial charge < -0.3 is 4.57 Å². The second-order valence-electron chi connectivity index (χ2n) is 6.11. The Morgan fingerprint density at radius 2 is 2.10 bits per heavy atom. The molecule has 0 saturated heterocycles. The van der Waals surface area contributed by atoms with E-state index in [1.54, 1.807) is 4.57 Å². The van der Waals surface area contributed by atoms with Gasteiger partial charge in [0.25, 0.3) is 0 Å². The van der Waals surface area contributed by atoms with Crippen molar-refractivity contribution in [2.75, 3.05) is 0 Å². The second-order valence-corrected chi connectivity index (χ2v) is 6.76. The maximum absolute atomic E-state index is 14.3. The minimum absolute atomic E-state index is 0.174. The second kappa shape index (κ2) is 5.24. The van der Waals surface area contributed by atoms with Gasteiger partial charge in [0.1, 0.15) is 11.3 Å². The van der Waals surface area contributed by atoms with Crippen LogP contribution in [0.15, 0.2) is 12.1 Å². The Bertz CT molecular complexity index is 669. The van der Waals surface area contributed by atoms with Crippen molar-refractivity contribution >= 4 is 22.6 Å². The third-order valence-electron chi connectivity index (χ3n) is 4.84. The molecular formula is C16H19ClF2N2. The summed E-state index contributed by atoms with van der Waals surface area (Å²) in [4.78, 5) is 4.42. The van der Waals surface area contributed by atoms with Crippen molar-refractivity contribution in [2.45, 2.75) is 51.5 Å². The van der Waals surface area contributed by atoms with Crippen molar-refractivity contribution in [3.63, 3.8) is 0 Å². The molecule has 1 heterocycles. The molecule has 2 nitrogen and oxygen atoms in total. The molecule has 1 aromatic carbocycles. The van der Waals surface area contributed by atoms with Crippen LogP contribution in [0.1, 0.15) is 50.7 Å². The molecule has 1 aromatic heterocycles. The number of nitrogens with zero attached hydrogens (tertiary/aromatic N) is 2. The van der Waals surface area contributed by atoms with Crippen molar-refractivity contribution in [2.24, 2.45) is 5.41 Å². The van der Waals surface area contributed by atoms with Crippen molar-refractivity contribution in [3.05, 3.63) is 29.6 Å². The van der Waals surface area contributed by atoms with E-state index in [4.69, 9.17) is 11.6 Å². The molecule has 0 aliphatic heterocycles. The summed E-state index contributed by atoms with van der Waals surface area (Å²) in [6.07, 6.45) is 4.47. The van der Waals surface area contributed by atoms with Crippen LogP contribution in [0.5, 0.6) is 0 Å². The van der Waals surface area contributed by atoms with E-state index in [1.165, 1.54) is 12.5 Å². The molecule has 114 valence electrons. The molecule has 1 atom stereocenters. The number of hydrogen-bond acceptors (Lipinski definition) is 1. The summed E-state index contributed by atoms with van der Waals surface area (Å²) in [7, 11) is 0. The van der Waals surface area contributed by atoms with Crippen LogP contribution < -0.4 is 0 Å². The number of rotatable bonds is 4. The zero-order valence-electron chi connectivity index (χ0n) is 12.3. The van der Waals surface area contributed by atoms with Gasteiger partial charge in [0.15, 0.2) is 11.6 Å². The SMILES string of the molecule is CCC1(Cn2c(C(C)Cl)nc3ccc(F)c(F)c32)CCC1. The number of hydrogen-bond donors (Lipinski definition) is 0. The van der Waals surface area contributed by atoms with E-state index in [-0.39, 0.29) is 16.3 Å². The molecule has 1 fully saturated rings. The lowest BCUT2D eigenvalue weighted by Gasteiger charge is -2.42. The first kappa shape index (κ1) is 14.8. The summed E-state index contributed by atoms with van der Waals surface area (Å²) in [6.45, 7) is 4.62. The molecule has 0 radical (unpaired) electrons. The van der Waals surface area contributed by atoms with Gasteiger partial charge in [-0.1, -0.05) is 13.3 Å². The van der Waals surface area contributed by atoms with Gasteiger partial charge in [-0.15, -0.1) is 11.6 Å². The largest absolute Gasteiger partial charge is 0.324 e. The highest BCUT2D eigenvalue weighted by Crippen LogP contribution is 2.46. The molecule has 1 aliphatic carbocycles. The topological polar surface area (TPSA) is 17.8 Å². The molecule has 1 aliphatic rings. The van der Waals surface area contributed by atoms with E-state index >= 15 is 0 Å². The first-order chi connectivity index (χ1) is 9.97. The summed E-state index contributed by atoms with van der Waals surface area (Å²) in [5.74, 6) is -1.04. The minimum Gasteiger partial charge on any atom is -0.324 e. The highest BCUT2D eigenvalue weighted by atomic mass is 35.5. The van der Waals surface area contributed by atoms with E-state index in [0.29, 0.717) is 17.9 Å². The zero-order chi connectivity index (χ0) is 15.2. The van der Waals surface area contributed by atoms with Crippen molar-refractivity contribution in [1.29, 1.82) is 0 Å². The standard InChI is InChI=1S/C16H19ClF2N2/c1-3-16(7-4-8-16)9-21-14-12(20-15(21)10(2)17)6-5-11(18)13(14)19/h5-6,10H,3-4,7-9H2,1-2H3. The molecule has 1 saturated carbocycles. The third kappa shape index (κ3) is 2.33. The molecule has 0 bridgehead atoms. The maximum Gasteiger partial charge on any atom is 0.184 e. The normalized spacial score (nSPS) is 18.7. The molecule has 0 spiro atoms. The van der Waals surface area contributed by atoms with Crippen molar-refractivity contribution in [3.8, 4) is 0 Å². The summed E-state index contributed by atoms with van der Waals surface area (Å²) in [6, 6.07) is 2.64. The lowest BCUT2D eigenvalue weighted by Crippen LogP contribution is -2.34. The fourth-order valence-corrected chi connectivity index (χ4v) is 3.44. The van der Waals surface area contributed by atoms with Crippen LogP contribution >= 0.6 is 11.6 Å². The Hall–Kier alpha value is -1.16. The fraction of sp³-hybridized carbons (Fsp3) is 0.562. The summed E-state index contributed by atoms with van der Waals surface area (Å²) in [5.41, 5.74) is 0.895. The Morgan fingerprint density at radius 1 is 1.38 bits per heavy atom. The smallest absolute Gasteiger partial charge is 0.184 e. The molecule has 1 unspecified atom stereocenters. The highest BCUT2D eigenvalue weighted by molar-refractivity contribution is 6.20. The summed E-state index contributed by atoms with van der Waals surface area (Å²) in [5, 5.41) is -0.339. The first-order valence-electron chi connectivity index (χ1n) is 7.45. The van der Waals surface area contributed by atoms with E-state index in [1.807, 2.05) is 6.92 Å². The Labute approximate surface area is 128 Å². The number of fused-ring (bicyclic) bond motifs is 1. The fourth-order valence-electron chi connectivity index (χ4n) is 3.27. The van der Waals surface area contributed by atoms with Crippen LogP contribution in [0.25, 0.3) is 11.0 Å². The van der Waals surface area contributed by atoms with Gasteiger partial charge in [0, 0.05) is 6.54 Å². The number of alkyl halides is 1. The van der Waals surface area contributed by atoms with Crippen molar-refractivity contribution in [1.82, 2.24) is 9.55 Å². The summed E-state index contributed by atoms with van der Waals surface area (Å²) >= 11 is 6.21. The Morgan fingerprint density at radius 3 is 2.62 bits per heavy atom. The van der Waals surface area contributed by atoms with E-state index < -0.39 is 11.6 Å². The van der Waals surface area contributed by atoms with E-state index in [9.17, 15) is 8.78 Å². The Balaban J connectivity index is 2.17. The predicted octanol–water partition coefficient (Wildman–Crippen LogP) is 5.19. The van der Waals surface area contributed by atoms with Crippen LogP contribution in [0.3, 0.4) is 0 Å². The average molecular weight is 313 g/mol. The molecule has 5 heteroatoms. The molecule has 3 rings (SSSR count). The maximum atomic E-state index is 14.3. The van der Waals surface area contributed by atoms with Gasteiger partial charge in [-0.3, -0.25) is 0 Å². The first-order valence-corrected chi connectivity index (χ1v) is 7.89. The van der Waals surface area contributed by atoms with Crippen LogP contribution in [0.4, 0.5) is 8.78 Å². The lowest BCUT2D eigenvalue weighted by molar-refractivity contribution is 0.100. The quantitative estimate of drug-likeness (QED) is 0.710. The van der Waals surface area contributed by atoms with Gasteiger partial charge in [0.2, 0.25) is 0 Å². The number of halogens is 3. The van der Waals surface area contributed by atoms with Crippen LogP contribution in [0, 0.1) is 17.0 Å². The van der Waals surface area contributed by atoms with Gasteiger partial charge in [-0.2, -0.15) is 0 Å². The molecule has 0 N–H and O–H groups in total. The van der Waals surface area contributed by atoms with Gasteiger partial charge in [0.05, 0.1) is 10.9 Å².